The van der Waals surface area contributed by atoms with Gasteiger partial charge in [-0.05, 0) is 61.5 Å². The zero-order valence-electron chi connectivity index (χ0n) is 17.8. The van der Waals surface area contributed by atoms with E-state index in [9.17, 15) is 14.4 Å². The number of carbonyl (C=O) groups is 3. The van der Waals surface area contributed by atoms with Crippen molar-refractivity contribution in [2.45, 2.75) is 6.92 Å². The van der Waals surface area contributed by atoms with Gasteiger partial charge in [-0.1, -0.05) is 33.6 Å². The number of esters is 1. The number of hydrogen-bond donors (Lipinski definition) is 2. The third-order valence-electron chi connectivity index (χ3n) is 4.35. The zero-order valence-corrected chi connectivity index (χ0v) is 19.4. The van der Waals surface area contributed by atoms with E-state index in [1.54, 1.807) is 60.7 Å². The van der Waals surface area contributed by atoms with Crippen LogP contribution in [-0.2, 0) is 9.59 Å². The summed E-state index contributed by atoms with van der Waals surface area (Å²) in [7, 11) is 1.53. The minimum atomic E-state index is -0.963. The molecule has 0 heterocycles. The summed E-state index contributed by atoms with van der Waals surface area (Å²) >= 11 is 3.35. The third-order valence-corrected chi connectivity index (χ3v) is 4.85. The maximum atomic E-state index is 12.5. The Kier molecular flexibility index (Phi) is 7.93. The minimum Gasteiger partial charge on any atom is -0.497 e. The van der Waals surface area contributed by atoms with Gasteiger partial charge in [-0.15, -0.1) is 0 Å². The summed E-state index contributed by atoms with van der Waals surface area (Å²) in [5.41, 5.74) is 4.33. The number of aryl methyl sites for hydroxylation is 1. The van der Waals surface area contributed by atoms with E-state index in [4.69, 9.17) is 9.47 Å². The molecule has 2 amide bonds. The summed E-state index contributed by atoms with van der Waals surface area (Å²) in [4.78, 5) is 36.6. The smallest absolute Gasteiger partial charge is 0.343 e. The number of nitrogens with one attached hydrogen (secondary N) is 2. The predicted octanol–water partition coefficient (Wildman–Crippen LogP) is 4.07. The van der Waals surface area contributed by atoms with E-state index in [-0.39, 0.29) is 5.75 Å². The molecule has 33 heavy (non-hydrogen) atoms. The first kappa shape index (κ1) is 23.7. The Bertz CT molecular complexity index is 1210. The summed E-state index contributed by atoms with van der Waals surface area (Å²) in [5.74, 6) is -1.52. The molecule has 168 valence electrons. The van der Waals surface area contributed by atoms with Crippen LogP contribution in [0, 0.1) is 6.92 Å². The molecule has 0 radical (unpaired) electrons. The molecule has 0 fully saturated rings. The number of benzene rings is 3. The SMILES string of the molecule is COc1ccc(NC(=O)C(=O)NN=Cc2cc(Br)ccc2OC(=O)c2cccc(C)c2)cc1. The maximum Gasteiger partial charge on any atom is 0.343 e. The fraction of sp³-hybridized carbons (Fsp3) is 0.0833. The van der Waals surface area contributed by atoms with Gasteiger partial charge in [0.2, 0.25) is 0 Å². The number of ether oxygens (including phenoxy) is 2. The highest BCUT2D eigenvalue weighted by Gasteiger charge is 2.14. The van der Waals surface area contributed by atoms with E-state index < -0.39 is 17.8 Å². The van der Waals surface area contributed by atoms with Crippen molar-refractivity contribution in [1.82, 2.24) is 5.43 Å². The molecule has 8 nitrogen and oxygen atoms in total. The third kappa shape index (κ3) is 6.75. The molecule has 0 saturated carbocycles. The number of anilines is 1. The number of rotatable bonds is 6. The summed E-state index contributed by atoms with van der Waals surface area (Å²) in [5, 5.41) is 6.26. The Morgan fingerprint density at radius 1 is 0.970 bits per heavy atom. The van der Waals surface area contributed by atoms with Crippen molar-refractivity contribution in [3.05, 3.63) is 87.9 Å². The van der Waals surface area contributed by atoms with Gasteiger partial charge >= 0.3 is 17.8 Å². The number of amides is 2. The molecule has 0 aromatic heterocycles. The van der Waals surface area contributed by atoms with Crippen molar-refractivity contribution in [2.24, 2.45) is 5.10 Å². The lowest BCUT2D eigenvalue weighted by atomic mass is 10.1. The van der Waals surface area contributed by atoms with Crippen LogP contribution in [-0.4, -0.2) is 31.1 Å². The van der Waals surface area contributed by atoms with Gasteiger partial charge in [0.1, 0.15) is 11.5 Å². The van der Waals surface area contributed by atoms with Crippen LogP contribution in [0.15, 0.2) is 76.3 Å². The van der Waals surface area contributed by atoms with E-state index in [0.29, 0.717) is 27.0 Å². The summed E-state index contributed by atoms with van der Waals surface area (Å²) in [6, 6.07) is 18.5. The van der Waals surface area contributed by atoms with E-state index in [2.05, 4.69) is 31.8 Å². The summed E-state index contributed by atoms with van der Waals surface area (Å²) < 4.78 is 11.2. The van der Waals surface area contributed by atoms with Gasteiger partial charge in [0.05, 0.1) is 18.9 Å². The molecule has 2 N–H and O–H groups in total. The lowest BCUT2D eigenvalue weighted by molar-refractivity contribution is -0.136. The average molecular weight is 510 g/mol. The number of hydrazone groups is 1. The fourth-order valence-corrected chi connectivity index (χ4v) is 3.10. The maximum absolute atomic E-state index is 12.5. The van der Waals surface area contributed by atoms with Crippen LogP contribution >= 0.6 is 15.9 Å². The van der Waals surface area contributed by atoms with Gasteiger partial charge in [-0.25, -0.2) is 10.2 Å². The molecule has 9 heteroatoms. The monoisotopic (exact) mass is 509 g/mol. The molecule has 3 aromatic carbocycles. The van der Waals surface area contributed by atoms with Crippen molar-refractivity contribution < 1.29 is 23.9 Å². The molecule has 0 bridgehead atoms. The quantitative estimate of drug-likeness (QED) is 0.171. The highest BCUT2D eigenvalue weighted by atomic mass is 79.9. The molecule has 0 aliphatic heterocycles. The van der Waals surface area contributed by atoms with Gasteiger partial charge in [-0.3, -0.25) is 9.59 Å². The van der Waals surface area contributed by atoms with Crippen molar-refractivity contribution in [3.8, 4) is 11.5 Å². The Morgan fingerprint density at radius 2 is 1.73 bits per heavy atom. The van der Waals surface area contributed by atoms with Gasteiger partial charge in [0.25, 0.3) is 0 Å². The van der Waals surface area contributed by atoms with E-state index in [0.717, 1.165) is 5.56 Å². The Morgan fingerprint density at radius 3 is 2.42 bits per heavy atom. The van der Waals surface area contributed by atoms with Gasteiger partial charge < -0.3 is 14.8 Å². The lowest BCUT2D eigenvalue weighted by Gasteiger charge is -2.08. The van der Waals surface area contributed by atoms with E-state index in [1.807, 2.05) is 13.0 Å². The van der Waals surface area contributed by atoms with E-state index >= 15 is 0 Å². The zero-order chi connectivity index (χ0) is 23.8. The number of carbonyl (C=O) groups excluding carboxylic acids is 3. The summed E-state index contributed by atoms with van der Waals surface area (Å²) in [6.07, 6.45) is 1.28. The second kappa shape index (κ2) is 11.1. The molecule has 0 atom stereocenters. The molecule has 0 spiro atoms. The molecular weight excluding hydrogens is 490 g/mol. The Labute approximate surface area is 198 Å². The second-order valence-electron chi connectivity index (χ2n) is 6.82. The van der Waals surface area contributed by atoms with Crippen molar-refractivity contribution >= 4 is 45.6 Å². The first-order chi connectivity index (χ1) is 15.9. The van der Waals surface area contributed by atoms with Crippen LogP contribution in [0.2, 0.25) is 0 Å². The first-order valence-corrected chi connectivity index (χ1v) is 10.5. The largest absolute Gasteiger partial charge is 0.497 e. The van der Waals surface area contributed by atoms with Crippen molar-refractivity contribution in [3.63, 3.8) is 0 Å². The van der Waals surface area contributed by atoms with Crippen LogP contribution < -0.4 is 20.2 Å². The summed E-state index contributed by atoms with van der Waals surface area (Å²) in [6.45, 7) is 1.88. The molecule has 0 aliphatic carbocycles. The van der Waals surface area contributed by atoms with Gasteiger partial charge in [-0.2, -0.15) is 5.10 Å². The number of hydrogen-bond acceptors (Lipinski definition) is 6. The number of nitrogens with zero attached hydrogens (tertiary/aromatic N) is 1. The van der Waals surface area contributed by atoms with Crippen LogP contribution in [0.1, 0.15) is 21.5 Å². The highest BCUT2D eigenvalue weighted by molar-refractivity contribution is 9.10. The Hall–Kier alpha value is -3.98. The van der Waals surface area contributed by atoms with Crippen molar-refractivity contribution in [1.29, 1.82) is 0 Å². The molecule has 0 aliphatic rings. The molecular formula is C24H20BrN3O5. The fourth-order valence-electron chi connectivity index (χ4n) is 2.72. The van der Waals surface area contributed by atoms with Crippen LogP contribution in [0.25, 0.3) is 0 Å². The lowest BCUT2D eigenvalue weighted by Crippen LogP contribution is -2.32. The first-order valence-electron chi connectivity index (χ1n) is 9.72. The van der Waals surface area contributed by atoms with Crippen molar-refractivity contribution in [2.75, 3.05) is 12.4 Å². The second-order valence-corrected chi connectivity index (χ2v) is 7.74. The number of halogens is 1. The average Bonchev–Trinajstić information content (AvgIpc) is 2.81. The van der Waals surface area contributed by atoms with Gasteiger partial charge in [0.15, 0.2) is 0 Å². The molecule has 3 aromatic rings. The Balaban J connectivity index is 1.65. The molecule has 3 rings (SSSR count). The molecule has 0 unspecified atom stereocenters. The minimum absolute atomic E-state index is 0.241. The van der Waals surface area contributed by atoms with Crippen LogP contribution in [0.3, 0.4) is 0 Å². The topological polar surface area (TPSA) is 106 Å². The predicted molar refractivity (Wildman–Crippen MR) is 128 cm³/mol. The highest BCUT2D eigenvalue weighted by Crippen LogP contribution is 2.23. The molecule has 0 saturated heterocycles. The normalized spacial score (nSPS) is 10.5. The van der Waals surface area contributed by atoms with E-state index in [1.165, 1.54) is 13.3 Å². The number of methoxy groups -OCH3 is 1. The van der Waals surface area contributed by atoms with Crippen LogP contribution in [0.4, 0.5) is 5.69 Å². The standard InChI is InChI=1S/C24H20BrN3O5/c1-15-4-3-5-16(12-15)24(31)33-21-11-6-18(25)13-17(21)14-26-28-23(30)22(29)27-19-7-9-20(32-2)10-8-19/h3-14H,1-2H3,(H,27,29)(H,28,30). The van der Waals surface area contributed by atoms with Gasteiger partial charge in [0, 0.05) is 15.7 Å². The van der Waals surface area contributed by atoms with Crippen LogP contribution in [0.5, 0.6) is 11.5 Å².